The molecule has 3 aliphatic rings. The van der Waals surface area contributed by atoms with E-state index in [-0.39, 0.29) is 0 Å². The number of carbonyl (C=O) groups is 9. The smallest absolute Gasteiger partial charge is 0.355 e. The zero-order valence-corrected chi connectivity index (χ0v) is 24.2. The van der Waals surface area contributed by atoms with Crippen LogP contribution in [0.25, 0.3) is 0 Å². The van der Waals surface area contributed by atoms with Crippen LogP contribution in [-0.2, 0) is 73.5 Å². The Labute approximate surface area is 253 Å². The van der Waals surface area contributed by atoms with Crippen molar-refractivity contribution in [3.63, 3.8) is 0 Å². The van der Waals surface area contributed by atoms with Gasteiger partial charge in [0.25, 0.3) is 53.7 Å². The molecule has 0 aromatic rings. The molecule has 3 heterocycles. The second kappa shape index (κ2) is 10.8. The summed E-state index contributed by atoms with van der Waals surface area (Å²) in [5.74, 6) is -24.2. The van der Waals surface area contributed by atoms with Gasteiger partial charge in [-0.3, -0.25) is 47.3 Å². The fourth-order valence-corrected chi connectivity index (χ4v) is 7.36. The molecule has 46 heavy (non-hydrogen) atoms. The van der Waals surface area contributed by atoms with Crippen molar-refractivity contribution < 1.29 is 102 Å². The lowest BCUT2D eigenvalue weighted by Gasteiger charge is -2.51. The number of amides is 6. The summed E-state index contributed by atoms with van der Waals surface area (Å²) < 4.78 is 98.7. The van der Waals surface area contributed by atoms with Crippen LogP contribution < -0.4 is 0 Å². The third kappa shape index (κ3) is 4.98. The highest BCUT2D eigenvalue weighted by Crippen LogP contribution is 2.45. The van der Waals surface area contributed by atoms with E-state index in [4.69, 9.17) is 0 Å². The number of likely N-dealkylation sites (tertiary alicyclic amines) is 3. The summed E-state index contributed by atoms with van der Waals surface area (Å²) in [5, 5.41) is 33.1. The molecule has 28 heteroatoms. The summed E-state index contributed by atoms with van der Waals surface area (Å²) in [5.41, 5.74) is -10.7. The molecule has 5 atom stereocenters. The Balaban J connectivity index is 2.60. The van der Waals surface area contributed by atoms with Crippen LogP contribution in [0.5, 0.6) is 0 Å². The van der Waals surface area contributed by atoms with E-state index in [0.717, 1.165) is 0 Å². The van der Waals surface area contributed by atoms with Crippen molar-refractivity contribution in [2.24, 2.45) is 0 Å². The molecule has 254 valence electrons. The SMILES string of the molecule is O=C(O)C(N1C(=O)CC(S(=O)(=O)O)C1=O)C(O)(C(=O)O)C(C(=O)O)(N1C(=O)CC(S(=O)(=O)O)C1=O)N1C(=O)CC(S(=O)(=O)O)C1=O. The average molecular weight is 724 g/mol. The number of rotatable bonds is 11. The highest BCUT2D eigenvalue weighted by Gasteiger charge is 2.81. The first-order valence-electron chi connectivity index (χ1n) is 11.5. The molecule has 0 saturated carbocycles. The van der Waals surface area contributed by atoms with E-state index >= 15 is 0 Å². The van der Waals surface area contributed by atoms with Crippen LogP contribution in [0.4, 0.5) is 0 Å². The predicted molar refractivity (Wildman–Crippen MR) is 130 cm³/mol. The van der Waals surface area contributed by atoms with Gasteiger partial charge in [-0.15, -0.1) is 0 Å². The van der Waals surface area contributed by atoms with Crippen LogP contribution in [0, 0.1) is 0 Å². The van der Waals surface area contributed by atoms with Gasteiger partial charge in [0.15, 0.2) is 21.8 Å². The number of aliphatic hydroxyl groups is 1. The Bertz CT molecular complexity index is 1800. The van der Waals surface area contributed by atoms with Gasteiger partial charge < -0.3 is 20.4 Å². The summed E-state index contributed by atoms with van der Waals surface area (Å²) in [6, 6.07) is -4.15. The molecule has 0 aliphatic carbocycles. The number of carboxylic acid groups (broad SMARTS) is 3. The standard InChI is InChI=1S/C18H17N3O22S3/c22-7-1-4(44(35,36)37)11(25)19(7)10(14(28)29)17(34,15(30)31)18(16(32)33,20-8(23)2-5(12(20)26)45(38,39)40)21-9(24)3-6(13(21)27)46(41,42)43/h4-6,10,34H,1-3H2,(H,28,29)(H,30,31)(H,32,33)(H,35,36,37)(H,38,39,40)(H,41,42,43). The first-order valence-corrected chi connectivity index (χ1v) is 16.0. The molecule has 3 aliphatic heterocycles. The lowest BCUT2D eigenvalue weighted by atomic mass is 9.76. The van der Waals surface area contributed by atoms with E-state index < -0.39 is 151 Å². The van der Waals surface area contributed by atoms with Crippen molar-refractivity contribution in [2.75, 3.05) is 0 Å². The van der Waals surface area contributed by atoms with Crippen LogP contribution in [0.2, 0.25) is 0 Å². The van der Waals surface area contributed by atoms with Gasteiger partial charge in [0.2, 0.25) is 23.3 Å². The highest BCUT2D eigenvalue weighted by molar-refractivity contribution is 7.87. The number of hydrogen-bond donors (Lipinski definition) is 7. The van der Waals surface area contributed by atoms with Crippen LogP contribution in [0.1, 0.15) is 19.3 Å². The topological polar surface area (TPSA) is 407 Å². The van der Waals surface area contributed by atoms with Crippen molar-refractivity contribution in [1.82, 2.24) is 14.7 Å². The van der Waals surface area contributed by atoms with Crippen molar-refractivity contribution in [3.05, 3.63) is 0 Å². The Morgan fingerprint density at radius 2 is 0.935 bits per heavy atom. The van der Waals surface area contributed by atoms with E-state index in [2.05, 4.69) is 0 Å². The maximum Gasteiger partial charge on any atom is 0.355 e. The number of carboxylic acids is 3. The molecule has 3 rings (SSSR count). The van der Waals surface area contributed by atoms with Crippen molar-refractivity contribution >= 4 is 83.7 Å². The van der Waals surface area contributed by atoms with Gasteiger partial charge in [0, 0.05) is 0 Å². The molecule has 5 unspecified atom stereocenters. The molecule has 3 fully saturated rings. The quantitative estimate of drug-likeness (QED) is 0.0769. The number of imide groups is 3. The van der Waals surface area contributed by atoms with E-state index in [0.29, 0.717) is 0 Å². The molecule has 6 amide bonds. The molecular formula is C18H17N3O22S3. The van der Waals surface area contributed by atoms with E-state index in [1.54, 1.807) is 0 Å². The largest absolute Gasteiger partial charge is 0.480 e. The Morgan fingerprint density at radius 1 is 0.609 bits per heavy atom. The minimum Gasteiger partial charge on any atom is -0.480 e. The van der Waals surface area contributed by atoms with Gasteiger partial charge in [0.05, 0.1) is 19.3 Å². The van der Waals surface area contributed by atoms with Gasteiger partial charge in [-0.2, -0.15) is 25.3 Å². The maximum absolute atomic E-state index is 13.2. The summed E-state index contributed by atoms with van der Waals surface area (Å²) in [6.45, 7) is 0. The monoisotopic (exact) mass is 723 g/mol. The molecule has 0 spiro atoms. The average Bonchev–Trinajstić information content (AvgIpc) is 3.46. The van der Waals surface area contributed by atoms with Crippen LogP contribution >= 0.6 is 0 Å². The van der Waals surface area contributed by atoms with Crippen LogP contribution in [0.15, 0.2) is 0 Å². The normalized spacial score (nSPS) is 26.3. The van der Waals surface area contributed by atoms with E-state index in [1.807, 2.05) is 0 Å². The second-order valence-electron chi connectivity index (χ2n) is 9.65. The van der Waals surface area contributed by atoms with Crippen LogP contribution in [0.3, 0.4) is 0 Å². The number of hydrogen-bond acceptors (Lipinski definition) is 16. The lowest BCUT2D eigenvalue weighted by molar-refractivity contribution is -0.231. The minimum atomic E-state index is -5.84. The minimum absolute atomic E-state index is 0.997. The molecule has 0 aromatic carbocycles. The lowest BCUT2D eigenvalue weighted by Crippen LogP contribution is -2.86. The number of nitrogens with zero attached hydrogens (tertiary/aromatic N) is 3. The third-order valence-corrected chi connectivity index (χ3v) is 10.4. The zero-order valence-electron chi connectivity index (χ0n) is 21.8. The maximum atomic E-state index is 13.2. The highest BCUT2D eigenvalue weighted by atomic mass is 32.2. The Morgan fingerprint density at radius 3 is 1.17 bits per heavy atom. The Kier molecular flexibility index (Phi) is 8.46. The van der Waals surface area contributed by atoms with Crippen molar-refractivity contribution in [1.29, 1.82) is 0 Å². The molecule has 25 nitrogen and oxygen atoms in total. The van der Waals surface area contributed by atoms with E-state index in [1.165, 1.54) is 0 Å². The molecule has 0 radical (unpaired) electrons. The number of carbonyl (C=O) groups excluding carboxylic acids is 6. The fraction of sp³-hybridized carbons (Fsp3) is 0.500. The summed E-state index contributed by atoms with van der Waals surface area (Å²) in [7, 11) is -17.4. The van der Waals surface area contributed by atoms with Crippen molar-refractivity contribution in [2.45, 2.75) is 52.3 Å². The Hall–Kier alpha value is -4.48. The van der Waals surface area contributed by atoms with Gasteiger partial charge >= 0.3 is 17.9 Å². The van der Waals surface area contributed by atoms with E-state index in [9.17, 15) is 102 Å². The summed E-state index contributed by atoms with van der Waals surface area (Å²) in [4.78, 5) is 113. The third-order valence-electron chi connectivity index (χ3n) is 7.12. The van der Waals surface area contributed by atoms with Gasteiger partial charge in [-0.05, 0) is 0 Å². The molecule has 7 N–H and O–H groups in total. The summed E-state index contributed by atoms with van der Waals surface area (Å²) >= 11 is 0. The van der Waals surface area contributed by atoms with Crippen molar-refractivity contribution in [3.8, 4) is 0 Å². The summed E-state index contributed by atoms with van der Waals surface area (Å²) in [6.07, 6.45) is -5.50. The fourth-order valence-electron chi connectivity index (χ4n) is 5.21. The molecule has 0 aromatic heterocycles. The van der Waals surface area contributed by atoms with Gasteiger partial charge in [-0.25, -0.2) is 24.2 Å². The first-order chi connectivity index (χ1) is 20.6. The second-order valence-corrected chi connectivity index (χ2v) is 14.4. The van der Waals surface area contributed by atoms with Gasteiger partial charge in [0.1, 0.15) is 0 Å². The molecule has 0 bridgehead atoms. The predicted octanol–water partition coefficient (Wildman–Crippen LogP) is -6.92. The molecular weight excluding hydrogens is 706 g/mol. The zero-order chi connectivity index (χ0) is 35.9. The first kappa shape index (κ1) is 36.0. The molecule has 3 saturated heterocycles. The van der Waals surface area contributed by atoms with Gasteiger partial charge in [-0.1, -0.05) is 0 Å². The van der Waals surface area contributed by atoms with Crippen LogP contribution in [-0.4, -0.2) is 160 Å². The number of aliphatic carboxylic acids is 3.